The third-order valence-electron chi connectivity index (χ3n) is 2.87. The van der Waals surface area contributed by atoms with Crippen molar-refractivity contribution in [1.29, 1.82) is 0 Å². The molecule has 0 fully saturated rings. The number of aryl methyl sites for hydroxylation is 1. The Kier molecular flexibility index (Phi) is 6.70. The number of nitrogens with two attached hydrogens (primary N) is 1. The molecule has 6 heteroatoms. The number of hydrogen-bond acceptors (Lipinski definition) is 5. The van der Waals surface area contributed by atoms with Gasteiger partial charge in [0.05, 0.1) is 25.0 Å². The lowest BCUT2D eigenvalue weighted by atomic mass is 10.1. The van der Waals surface area contributed by atoms with Crippen LogP contribution in [0.25, 0.3) is 0 Å². The predicted octanol–water partition coefficient (Wildman–Crippen LogP) is 1.23. The maximum Gasteiger partial charge on any atom is 0.161 e. The third kappa shape index (κ3) is 3.69. The summed E-state index contributed by atoms with van der Waals surface area (Å²) < 4.78 is 12.4. The Morgan fingerprint density at radius 3 is 2.83 bits per heavy atom. The van der Waals surface area contributed by atoms with Gasteiger partial charge in [-0.1, -0.05) is 6.92 Å². The van der Waals surface area contributed by atoms with Gasteiger partial charge in [-0.15, -0.1) is 0 Å². The van der Waals surface area contributed by atoms with Crippen LogP contribution >= 0.6 is 0 Å². The van der Waals surface area contributed by atoms with Gasteiger partial charge in [-0.3, -0.25) is 16.0 Å². The Morgan fingerprint density at radius 1 is 1.50 bits per heavy atom. The van der Waals surface area contributed by atoms with Crippen LogP contribution in [0, 0.1) is 0 Å². The fraction of sp³-hybridized carbons (Fsp3) is 0.750. The summed E-state index contributed by atoms with van der Waals surface area (Å²) in [6.45, 7) is 3.71. The molecule has 18 heavy (non-hydrogen) atoms. The van der Waals surface area contributed by atoms with Crippen molar-refractivity contribution in [3.63, 3.8) is 0 Å². The summed E-state index contributed by atoms with van der Waals surface area (Å²) in [6.07, 6.45) is 4.58. The SMILES string of the molecule is CCCn1ncc(OC)c1C(CCCOC)NN. The van der Waals surface area contributed by atoms with Crippen LogP contribution in [0.4, 0.5) is 0 Å². The first kappa shape index (κ1) is 14.9. The number of hydrogen-bond donors (Lipinski definition) is 2. The second-order valence-electron chi connectivity index (χ2n) is 4.18. The first-order valence-corrected chi connectivity index (χ1v) is 6.33. The molecule has 0 saturated heterocycles. The van der Waals surface area contributed by atoms with E-state index in [4.69, 9.17) is 15.3 Å². The molecule has 0 radical (unpaired) electrons. The number of hydrazine groups is 1. The van der Waals surface area contributed by atoms with Crippen LogP contribution in [0.15, 0.2) is 6.20 Å². The minimum absolute atomic E-state index is 0.0316. The molecular formula is C12H24N4O2. The van der Waals surface area contributed by atoms with E-state index in [0.29, 0.717) is 0 Å². The van der Waals surface area contributed by atoms with Gasteiger partial charge < -0.3 is 9.47 Å². The van der Waals surface area contributed by atoms with E-state index in [-0.39, 0.29) is 6.04 Å². The molecule has 1 aromatic heterocycles. The van der Waals surface area contributed by atoms with Crippen LogP contribution in [0.3, 0.4) is 0 Å². The quantitative estimate of drug-likeness (QED) is 0.395. The zero-order chi connectivity index (χ0) is 13.4. The average Bonchev–Trinajstić information content (AvgIpc) is 2.78. The first-order chi connectivity index (χ1) is 8.78. The number of aromatic nitrogens is 2. The summed E-state index contributed by atoms with van der Waals surface area (Å²) in [5.74, 6) is 6.43. The van der Waals surface area contributed by atoms with Crippen LogP contribution in [0.1, 0.15) is 37.9 Å². The Hall–Kier alpha value is -1.11. The van der Waals surface area contributed by atoms with E-state index in [2.05, 4.69) is 17.4 Å². The highest BCUT2D eigenvalue weighted by Crippen LogP contribution is 2.27. The Labute approximate surface area is 108 Å². The van der Waals surface area contributed by atoms with Gasteiger partial charge in [-0.25, -0.2) is 0 Å². The molecule has 1 rings (SSSR count). The summed E-state index contributed by atoms with van der Waals surface area (Å²) in [4.78, 5) is 0. The lowest BCUT2D eigenvalue weighted by molar-refractivity contribution is 0.188. The van der Waals surface area contributed by atoms with Gasteiger partial charge in [0, 0.05) is 20.3 Å². The van der Waals surface area contributed by atoms with Crippen LogP contribution in [0.2, 0.25) is 0 Å². The van der Waals surface area contributed by atoms with Gasteiger partial charge in [0.25, 0.3) is 0 Å². The van der Waals surface area contributed by atoms with Crippen LogP contribution in [0.5, 0.6) is 5.75 Å². The van der Waals surface area contributed by atoms with Crippen molar-refractivity contribution in [3.8, 4) is 5.75 Å². The van der Waals surface area contributed by atoms with Crippen LogP contribution < -0.4 is 16.0 Å². The standard InChI is InChI=1S/C12H24N4O2/c1-4-7-16-12(11(18-3)9-14-16)10(15-13)6-5-8-17-2/h9-10,15H,4-8,13H2,1-3H3. The summed E-state index contributed by atoms with van der Waals surface area (Å²) in [5.41, 5.74) is 3.85. The first-order valence-electron chi connectivity index (χ1n) is 6.33. The molecule has 3 N–H and O–H groups in total. The number of nitrogens with zero attached hydrogens (tertiary/aromatic N) is 2. The van der Waals surface area contributed by atoms with Gasteiger partial charge in [0.15, 0.2) is 5.75 Å². The molecule has 0 aliphatic rings. The molecule has 1 atom stereocenters. The number of methoxy groups -OCH3 is 2. The van der Waals surface area contributed by atoms with Gasteiger partial charge >= 0.3 is 0 Å². The van der Waals surface area contributed by atoms with E-state index >= 15 is 0 Å². The van der Waals surface area contributed by atoms with Crippen molar-refractivity contribution >= 4 is 0 Å². The lowest BCUT2D eigenvalue weighted by Gasteiger charge is -2.18. The fourth-order valence-corrected chi connectivity index (χ4v) is 2.01. The fourth-order valence-electron chi connectivity index (χ4n) is 2.01. The molecule has 6 nitrogen and oxygen atoms in total. The van der Waals surface area contributed by atoms with Crippen molar-refractivity contribution in [2.24, 2.45) is 5.84 Å². The Balaban J connectivity index is 2.83. The zero-order valence-corrected chi connectivity index (χ0v) is 11.5. The monoisotopic (exact) mass is 256 g/mol. The topological polar surface area (TPSA) is 74.3 Å². The zero-order valence-electron chi connectivity index (χ0n) is 11.5. The molecule has 0 bridgehead atoms. The summed E-state index contributed by atoms with van der Waals surface area (Å²) in [5, 5.41) is 4.34. The van der Waals surface area contributed by atoms with Crippen molar-refractivity contribution in [1.82, 2.24) is 15.2 Å². The molecule has 0 aliphatic heterocycles. The Morgan fingerprint density at radius 2 is 2.28 bits per heavy atom. The normalized spacial score (nSPS) is 12.7. The van der Waals surface area contributed by atoms with E-state index in [1.54, 1.807) is 20.4 Å². The maximum absolute atomic E-state index is 5.65. The highest BCUT2D eigenvalue weighted by molar-refractivity contribution is 5.28. The van der Waals surface area contributed by atoms with Crippen LogP contribution in [-0.4, -0.2) is 30.6 Å². The van der Waals surface area contributed by atoms with Gasteiger partial charge in [0.1, 0.15) is 0 Å². The second kappa shape index (κ2) is 8.07. The molecule has 1 heterocycles. The largest absolute Gasteiger partial charge is 0.493 e. The van der Waals surface area contributed by atoms with Crippen molar-refractivity contribution < 1.29 is 9.47 Å². The summed E-state index contributed by atoms with van der Waals surface area (Å²) in [7, 11) is 3.35. The molecule has 1 unspecified atom stereocenters. The minimum Gasteiger partial charge on any atom is -0.493 e. The van der Waals surface area contributed by atoms with E-state index in [1.165, 1.54) is 0 Å². The molecule has 0 aromatic carbocycles. The summed E-state index contributed by atoms with van der Waals surface area (Å²) in [6, 6.07) is 0.0316. The molecular weight excluding hydrogens is 232 g/mol. The van der Waals surface area contributed by atoms with E-state index in [9.17, 15) is 0 Å². The smallest absolute Gasteiger partial charge is 0.161 e. The van der Waals surface area contributed by atoms with Crippen molar-refractivity contribution in [2.45, 2.75) is 38.8 Å². The molecule has 0 aliphatic carbocycles. The number of rotatable bonds is 9. The highest BCUT2D eigenvalue weighted by Gasteiger charge is 2.20. The molecule has 1 aromatic rings. The average molecular weight is 256 g/mol. The van der Waals surface area contributed by atoms with E-state index < -0.39 is 0 Å². The molecule has 0 amide bonds. The molecule has 104 valence electrons. The van der Waals surface area contributed by atoms with Gasteiger partial charge in [-0.2, -0.15) is 5.10 Å². The minimum atomic E-state index is 0.0316. The van der Waals surface area contributed by atoms with E-state index in [0.717, 1.165) is 43.9 Å². The predicted molar refractivity (Wildman–Crippen MR) is 70.2 cm³/mol. The van der Waals surface area contributed by atoms with Gasteiger partial charge in [0.2, 0.25) is 0 Å². The molecule has 0 spiro atoms. The van der Waals surface area contributed by atoms with Crippen molar-refractivity contribution in [3.05, 3.63) is 11.9 Å². The maximum atomic E-state index is 5.65. The van der Waals surface area contributed by atoms with Crippen molar-refractivity contribution in [2.75, 3.05) is 20.8 Å². The summed E-state index contributed by atoms with van der Waals surface area (Å²) >= 11 is 0. The molecule has 0 saturated carbocycles. The lowest BCUT2D eigenvalue weighted by Crippen LogP contribution is -2.30. The number of ether oxygens (including phenoxy) is 2. The number of nitrogens with one attached hydrogen (secondary N) is 1. The van der Waals surface area contributed by atoms with Gasteiger partial charge in [-0.05, 0) is 19.3 Å². The highest BCUT2D eigenvalue weighted by atomic mass is 16.5. The Bertz CT molecular complexity index is 341. The third-order valence-corrected chi connectivity index (χ3v) is 2.87. The van der Waals surface area contributed by atoms with E-state index in [1.807, 2.05) is 4.68 Å². The van der Waals surface area contributed by atoms with Crippen LogP contribution in [-0.2, 0) is 11.3 Å². The second-order valence-corrected chi connectivity index (χ2v) is 4.18.